The molecule has 7 nitrogen and oxygen atoms in total. The van der Waals surface area contributed by atoms with Crippen molar-refractivity contribution in [1.29, 1.82) is 0 Å². The lowest BCUT2D eigenvalue weighted by Gasteiger charge is -2.20. The van der Waals surface area contributed by atoms with Gasteiger partial charge in [-0.2, -0.15) is 0 Å². The average molecular weight is 328 g/mol. The zero-order valence-electron chi connectivity index (χ0n) is 13.5. The Balaban J connectivity index is 1.64. The van der Waals surface area contributed by atoms with Crippen LogP contribution in [0.1, 0.15) is 18.1 Å². The Morgan fingerprint density at radius 2 is 2.08 bits per heavy atom. The second-order valence-corrected chi connectivity index (χ2v) is 5.67. The minimum Gasteiger partial charge on any atom is -0.372 e. The summed E-state index contributed by atoms with van der Waals surface area (Å²) in [5.74, 6) is 0.0368. The van der Waals surface area contributed by atoms with E-state index < -0.39 is 0 Å². The van der Waals surface area contributed by atoms with Crippen LogP contribution in [0.25, 0.3) is 0 Å². The molecule has 0 radical (unpaired) electrons. The molecule has 7 heteroatoms. The van der Waals surface area contributed by atoms with Crippen molar-refractivity contribution < 1.29 is 9.53 Å². The molecule has 2 aromatic rings. The molecule has 2 amide bonds. The van der Waals surface area contributed by atoms with Gasteiger partial charge in [-0.3, -0.25) is 10.1 Å². The van der Waals surface area contributed by atoms with Gasteiger partial charge < -0.3 is 14.2 Å². The summed E-state index contributed by atoms with van der Waals surface area (Å²) in [5.41, 5.74) is 0.775. The Kier molecular flexibility index (Phi) is 4.90. The summed E-state index contributed by atoms with van der Waals surface area (Å²) in [6, 6.07) is 9.64. The van der Waals surface area contributed by atoms with Crippen LogP contribution in [0.2, 0.25) is 0 Å². The molecule has 126 valence electrons. The van der Waals surface area contributed by atoms with Gasteiger partial charge in [0.15, 0.2) is 0 Å². The third-order valence-electron chi connectivity index (χ3n) is 4.04. The molecule has 0 spiro atoms. The summed E-state index contributed by atoms with van der Waals surface area (Å²) in [6.07, 6.45) is 3.71. The van der Waals surface area contributed by atoms with E-state index in [-0.39, 0.29) is 23.5 Å². The normalized spacial score (nSPS) is 18.0. The summed E-state index contributed by atoms with van der Waals surface area (Å²) in [6.45, 7) is 1.48. The highest BCUT2D eigenvalue weighted by atomic mass is 16.5. The molecule has 1 aromatic carbocycles. The number of anilines is 1. The topological polar surface area (TPSA) is 76.5 Å². The first-order valence-electron chi connectivity index (χ1n) is 7.89. The van der Waals surface area contributed by atoms with Gasteiger partial charge in [0.2, 0.25) is 5.82 Å². The number of nitrogens with zero attached hydrogens (tertiary/aromatic N) is 3. The van der Waals surface area contributed by atoms with Gasteiger partial charge in [-0.05, 0) is 12.0 Å². The number of hydrogen-bond acceptors (Lipinski definition) is 4. The van der Waals surface area contributed by atoms with Crippen LogP contribution in [0, 0.1) is 0 Å². The Morgan fingerprint density at radius 1 is 1.29 bits per heavy atom. The second kappa shape index (κ2) is 7.27. The van der Waals surface area contributed by atoms with Gasteiger partial charge in [0, 0.05) is 32.5 Å². The summed E-state index contributed by atoms with van der Waals surface area (Å²) in [7, 11) is 1.61. The van der Waals surface area contributed by atoms with Crippen LogP contribution in [0.5, 0.6) is 0 Å². The van der Waals surface area contributed by atoms with E-state index >= 15 is 0 Å². The number of nitrogens with one attached hydrogen (secondary N) is 1. The number of urea groups is 1. The second-order valence-electron chi connectivity index (χ2n) is 5.67. The Labute approximate surface area is 139 Å². The molecule has 1 N–H and O–H groups in total. The van der Waals surface area contributed by atoms with Gasteiger partial charge in [-0.15, -0.1) is 0 Å². The van der Waals surface area contributed by atoms with Gasteiger partial charge >= 0.3 is 6.03 Å². The lowest BCUT2D eigenvalue weighted by atomic mass is 10.1. The maximum atomic E-state index is 12.4. The molecule has 1 aliphatic heterocycles. The zero-order chi connectivity index (χ0) is 16.9. The molecule has 24 heavy (non-hydrogen) atoms. The highest BCUT2D eigenvalue weighted by Gasteiger charge is 2.22. The van der Waals surface area contributed by atoms with Gasteiger partial charge in [0.1, 0.15) is 0 Å². The number of hydrogen-bond donors (Lipinski definition) is 1. The van der Waals surface area contributed by atoms with Crippen LogP contribution in [0.4, 0.5) is 10.6 Å². The highest BCUT2D eigenvalue weighted by Crippen LogP contribution is 2.23. The Hall–Kier alpha value is -2.67. The van der Waals surface area contributed by atoms with E-state index in [9.17, 15) is 9.59 Å². The molecule has 1 atom stereocenters. The van der Waals surface area contributed by atoms with E-state index in [1.807, 2.05) is 30.3 Å². The molecule has 0 bridgehead atoms. The predicted octanol–water partition coefficient (Wildman–Crippen LogP) is 1.78. The van der Waals surface area contributed by atoms with Crippen molar-refractivity contribution in [3.05, 3.63) is 58.6 Å². The molecule has 1 unspecified atom stereocenters. The van der Waals surface area contributed by atoms with Crippen molar-refractivity contribution in [2.45, 2.75) is 12.5 Å². The maximum absolute atomic E-state index is 12.4. The smallest absolute Gasteiger partial charge is 0.323 e. The molecule has 3 rings (SSSR count). The third kappa shape index (κ3) is 3.62. The van der Waals surface area contributed by atoms with Crippen molar-refractivity contribution in [3.63, 3.8) is 0 Å². The van der Waals surface area contributed by atoms with E-state index in [4.69, 9.17) is 4.74 Å². The lowest BCUT2D eigenvalue weighted by molar-refractivity contribution is 0.0627. The summed E-state index contributed by atoms with van der Waals surface area (Å²) in [5, 5.41) is 2.59. The van der Waals surface area contributed by atoms with Crippen molar-refractivity contribution in [2.24, 2.45) is 7.05 Å². The monoisotopic (exact) mass is 328 g/mol. The van der Waals surface area contributed by atoms with E-state index in [2.05, 4.69) is 10.3 Å². The van der Waals surface area contributed by atoms with Gasteiger partial charge in [0.25, 0.3) is 5.56 Å². The first-order chi connectivity index (χ1) is 11.6. The minimum absolute atomic E-state index is 0.0216. The SMILES string of the molecule is Cn1ccnc(NC(=O)N2CCOC(c3ccccc3)CC2)c1=O. The molecule has 1 fully saturated rings. The standard InChI is InChI=1S/C17H20N4O3/c1-20-10-8-18-15(16(20)22)19-17(23)21-9-7-14(24-12-11-21)13-5-3-2-4-6-13/h2-6,8,10,14H,7,9,11-12H2,1H3,(H,18,19,23). The van der Waals surface area contributed by atoms with E-state index in [0.717, 1.165) is 5.56 Å². The minimum atomic E-state index is -0.334. The number of aromatic nitrogens is 2. The lowest BCUT2D eigenvalue weighted by Crippen LogP contribution is -2.38. The number of amides is 2. The number of benzene rings is 1. The largest absolute Gasteiger partial charge is 0.372 e. The Morgan fingerprint density at radius 3 is 2.88 bits per heavy atom. The van der Waals surface area contributed by atoms with Crippen molar-refractivity contribution in [2.75, 3.05) is 25.0 Å². The first kappa shape index (κ1) is 16.2. The van der Waals surface area contributed by atoms with E-state index in [1.165, 1.54) is 10.8 Å². The van der Waals surface area contributed by atoms with Gasteiger partial charge in [-0.1, -0.05) is 30.3 Å². The van der Waals surface area contributed by atoms with Crippen LogP contribution >= 0.6 is 0 Å². The molecular weight excluding hydrogens is 308 g/mol. The predicted molar refractivity (Wildman–Crippen MR) is 89.8 cm³/mol. The number of rotatable bonds is 2. The van der Waals surface area contributed by atoms with Gasteiger partial charge in [0.05, 0.1) is 12.7 Å². The number of carbonyl (C=O) groups excluding carboxylic acids is 1. The Bertz CT molecular complexity index is 760. The van der Waals surface area contributed by atoms with Gasteiger partial charge in [-0.25, -0.2) is 9.78 Å². The average Bonchev–Trinajstić information content (AvgIpc) is 2.86. The first-order valence-corrected chi connectivity index (χ1v) is 7.89. The molecule has 0 aliphatic carbocycles. The van der Waals surface area contributed by atoms with Crippen LogP contribution in [0.3, 0.4) is 0 Å². The van der Waals surface area contributed by atoms with E-state index in [1.54, 1.807) is 18.1 Å². The van der Waals surface area contributed by atoms with Crippen LogP contribution < -0.4 is 10.9 Å². The molecule has 2 heterocycles. The van der Waals surface area contributed by atoms with Crippen molar-refractivity contribution in [3.8, 4) is 0 Å². The van der Waals surface area contributed by atoms with Crippen LogP contribution in [-0.4, -0.2) is 40.2 Å². The highest BCUT2D eigenvalue weighted by molar-refractivity contribution is 5.88. The molecule has 0 saturated carbocycles. The fraction of sp³-hybridized carbons (Fsp3) is 0.353. The fourth-order valence-electron chi connectivity index (χ4n) is 2.67. The number of aryl methyl sites for hydroxylation is 1. The zero-order valence-corrected chi connectivity index (χ0v) is 13.5. The fourth-order valence-corrected chi connectivity index (χ4v) is 2.67. The summed E-state index contributed by atoms with van der Waals surface area (Å²) in [4.78, 5) is 29.9. The third-order valence-corrected chi connectivity index (χ3v) is 4.04. The summed E-state index contributed by atoms with van der Waals surface area (Å²) >= 11 is 0. The van der Waals surface area contributed by atoms with Crippen molar-refractivity contribution >= 4 is 11.8 Å². The maximum Gasteiger partial charge on any atom is 0.323 e. The van der Waals surface area contributed by atoms with Crippen LogP contribution in [0.15, 0.2) is 47.5 Å². The number of ether oxygens (including phenoxy) is 1. The quantitative estimate of drug-likeness (QED) is 0.911. The molecular formula is C17H20N4O3. The molecule has 1 aromatic heterocycles. The molecule has 1 saturated heterocycles. The summed E-state index contributed by atoms with van der Waals surface area (Å²) < 4.78 is 7.23. The number of carbonyl (C=O) groups is 1. The van der Waals surface area contributed by atoms with E-state index in [0.29, 0.717) is 26.1 Å². The van der Waals surface area contributed by atoms with Crippen LogP contribution in [-0.2, 0) is 11.8 Å². The molecule has 1 aliphatic rings. The van der Waals surface area contributed by atoms with Crippen molar-refractivity contribution in [1.82, 2.24) is 14.5 Å².